The minimum Gasteiger partial charge on any atom is -0.378 e. The highest BCUT2D eigenvalue weighted by Crippen LogP contribution is 2.36. The Hall–Kier alpha value is 0.160. The van der Waals surface area contributed by atoms with Crippen LogP contribution in [0.25, 0.3) is 0 Å². The average molecular weight is 309 g/mol. The third-order valence-electron chi connectivity index (χ3n) is 3.30. The van der Waals surface area contributed by atoms with Crippen molar-refractivity contribution in [3.8, 4) is 0 Å². The number of ether oxygens (including phenoxy) is 1. The standard InChI is InChI=1S/C12H18Cl2N2OS/c13-11-7-9(12(14)18-11)10(16-15)5-1-3-8-4-2-6-17-8/h7-8,10,16H,1-6,15H2. The fourth-order valence-electron chi connectivity index (χ4n) is 2.34. The molecule has 1 aromatic rings. The highest BCUT2D eigenvalue weighted by molar-refractivity contribution is 7.20. The quantitative estimate of drug-likeness (QED) is 0.619. The minimum atomic E-state index is 0.0719. The summed E-state index contributed by atoms with van der Waals surface area (Å²) in [7, 11) is 0. The maximum Gasteiger partial charge on any atom is 0.0992 e. The summed E-state index contributed by atoms with van der Waals surface area (Å²) in [6, 6.07) is 1.97. The van der Waals surface area contributed by atoms with Crippen LogP contribution in [0.3, 0.4) is 0 Å². The Labute approximate surface area is 122 Å². The lowest BCUT2D eigenvalue weighted by molar-refractivity contribution is 0.101. The Morgan fingerprint density at radius 3 is 2.94 bits per heavy atom. The number of nitrogens with one attached hydrogen (secondary N) is 1. The van der Waals surface area contributed by atoms with Crippen LogP contribution in [0.2, 0.25) is 8.67 Å². The Balaban J connectivity index is 1.83. The molecule has 1 aliphatic rings. The molecule has 3 nitrogen and oxygen atoms in total. The molecule has 6 heteroatoms. The molecule has 2 heterocycles. The van der Waals surface area contributed by atoms with Gasteiger partial charge >= 0.3 is 0 Å². The van der Waals surface area contributed by atoms with Crippen molar-refractivity contribution in [1.29, 1.82) is 0 Å². The van der Waals surface area contributed by atoms with Gasteiger partial charge in [-0.05, 0) is 38.2 Å². The van der Waals surface area contributed by atoms with E-state index in [2.05, 4.69) is 5.43 Å². The Kier molecular flexibility index (Phi) is 5.73. The number of halogens is 2. The van der Waals surface area contributed by atoms with E-state index in [9.17, 15) is 0 Å². The lowest BCUT2D eigenvalue weighted by Crippen LogP contribution is -2.28. The third kappa shape index (κ3) is 3.83. The highest BCUT2D eigenvalue weighted by atomic mass is 35.5. The van der Waals surface area contributed by atoms with E-state index in [1.165, 1.54) is 24.2 Å². The second kappa shape index (κ2) is 7.08. The monoisotopic (exact) mass is 308 g/mol. The van der Waals surface area contributed by atoms with Crippen LogP contribution in [-0.4, -0.2) is 12.7 Å². The molecule has 0 aromatic carbocycles. The number of thiophene rings is 1. The number of rotatable bonds is 6. The van der Waals surface area contributed by atoms with Gasteiger partial charge in [0.15, 0.2) is 0 Å². The number of hydrazine groups is 1. The second-order valence-corrected chi connectivity index (χ2v) is 6.85. The van der Waals surface area contributed by atoms with E-state index in [0.29, 0.717) is 10.4 Å². The predicted molar refractivity (Wildman–Crippen MR) is 77.2 cm³/mol. The molecule has 2 atom stereocenters. The van der Waals surface area contributed by atoms with Crippen LogP contribution in [0.4, 0.5) is 0 Å². The van der Waals surface area contributed by atoms with Gasteiger partial charge < -0.3 is 4.74 Å². The predicted octanol–water partition coefficient (Wildman–Crippen LogP) is 3.91. The maximum atomic E-state index is 6.14. The first-order valence-corrected chi connectivity index (χ1v) is 7.80. The zero-order valence-corrected chi connectivity index (χ0v) is 12.5. The zero-order chi connectivity index (χ0) is 13.0. The lowest BCUT2D eigenvalue weighted by Gasteiger charge is -2.16. The van der Waals surface area contributed by atoms with Crippen molar-refractivity contribution in [1.82, 2.24) is 5.43 Å². The van der Waals surface area contributed by atoms with Gasteiger partial charge in [0, 0.05) is 18.2 Å². The molecule has 1 aliphatic heterocycles. The van der Waals surface area contributed by atoms with Crippen molar-refractivity contribution in [3.63, 3.8) is 0 Å². The molecule has 2 rings (SSSR count). The third-order valence-corrected chi connectivity index (χ3v) is 4.82. The van der Waals surface area contributed by atoms with Crippen LogP contribution in [0.1, 0.15) is 43.7 Å². The van der Waals surface area contributed by atoms with Gasteiger partial charge in [0.2, 0.25) is 0 Å². The first kappa shape index (κ1) is 14.6. The summed E-state index contributed by atoms with van der Waals surface area (Å²) in [5.41, 5.74) is 3.82. The first-order valence-electron chi connectivity index (χ1n) is 6.23. The number of hydrogen-bond acceptors (Lipinski definition) is 4. The van der Waals surface area contributed by atoms with Gasteiger partial charge in [-0.15, -0.1) is 11.3 Å². The van der Waals surface area contributed by atoms with E-state index in [1.54, 1.807) is 0 Å². The van der Waals surface area contributed by atoms with Crippen LogP contribution in [0.15, 0.2) is 6.07 Å². The second-order valence-electron chi connectivity index (χ2n) is 4.56. The van der Waals surface area contributed by atoms with E-state index in [1.807, 2.05) is 6.07 Å². The number of nitrogens with two attached hydrogens (primary N) is 1. The fourth-order valence-corrected chi connectivity index (χ4v) is 3.92. The summed E-state index contributed by atoms with van der Waals surface area (Å²) < 4.78 is 7.03. The van der Waals surface area contributed by atoms with Crippen LogP contribution >= 0.6 is 34.5 Å². The van der Waals surface area contributed by atoms with Crippen molar-refractivity contribution in [3.05, 3.63) is 20.3 Å². The van der Waals surface area contributed by atoms with Gasteiger partial charge in [-0.3, -0.25) is 11.3 Å². The molecule has 2 unspecified atom stereocenters. The van der Waals surface area contributed by atoms with Gasteiger partial charge in [-0.1, -0.05) is 23.2 Å². The van der Waals surface area contributed by atoms with E-state index in [0.717, 1.165) is 35.8 Å². The summed E-state index contributed by atoms with van der Waals surface area (Å²) in [5, 5.41) is 0. The van der Waals surface area contributed by atoms with Crippen molar-refractivity contribution in [2.75, 3.05) is 6.61 Å². The Bertz CT molecular complexity index is 380. The summed E-state index contributed by atoms with van der Waals surface area (Å²) in [6.07, 6.45) is 5.92. The summed E-state index contributed by atoms with van der Waals surface area (Å²) in [5.74, 6) is 5.60. The molecule has 1 saturated heterocycles. The molecule has 0 amide bonds. The van der Waals surface area contributed by atoms with Crippen LogP contribution < -0.4 is 11.3 Å². The Morgan fingerprint density at radius 1 is 1.56 bits per heavy atom. The molecule has 0 saturated carbocycles. The van der Waals surface area contributed by atoms with Gasteiger partial charge in [0.1, 0.15) is 0 Å². The highest BCUT2D eigenvalue weighted by Gasteiger charge is 2.19. The van der Waals surface area contributed by atoms with Crippen molar-refractivity contribution in [2.24, 2.45) is 5.84 Å². The molecule has 3 N–H and O–H groups in total. The molecule has 0 aliphatic carbocycles. The zero-order valence-electron chi connectivity index (χ0n) is 10.1. The first-order chi connectivity index (χ1) is 8.70. The SMILES string of the molecule is NNC(CCCC1CCCO1)c1cc(Cl)sc1Cl. The van der Waals surface area contributed by atoms with Gasteiger partial charge in [-0.25, -0.2) is 0 Å². The molecule has 1 aromatic heterocycles. The topological polar surface area (TPSA) is 47.3 Å². The molecule has 102 valence electrons. The van der Waals surface area contributed by atoms with E-state index in [-0.39, 0.29) is 6.04 Å². The van der Waals surface area contributed by atoms with Gasteiger partial charge in [0.25, 0.3) is 0 Å². The van der Waals surface area contributed by atoms with E-state index in [4.69, 9.17) is 33.8 Å². The summed E-state index contributed by atoms with van der Waals surface area (Å²) >= 11 is 13.5. The summed E-state index contributed by atoms with van der Waals surface area (Å²) in [4.78, 5) is 0. The van der Waals surface area contributed by atoms with Crippen LogP contribution in [-0.2, 0) is 4.74 Å². The molecular weight excluding hydrogens is 291 g/mol. The van der Waals surface area contributed by atoms with Gasteiger partial charge in [0.05, 0.1) is 14.8 Å². The largest absolute Gasteiger partial charge is 0.378 e. The smallest absolute Gasteiger partial charge is 0.0992 e. The molecule has 1 fully saturated rings. The van der Waals surface area contributed by atoms with Gasteiger partial charge in [-0.2, -0.15) is 0 Å². The fraction of sp³-hybridized carbons (Fsp3) is 0.667. The molecule has 18 heavy (non-hydrogen) atoms. The minimum absolute atomic E-state index is 0.0719. The van der Waals surface area contributed by atoms with E-state index < -0.39 is 0 Å². The van der Waals surface area contributed by atoms with Crippen molar-refractivity contribution in [2.45, 2.75) is 44.2 Å². The Morgan fingerprint density at radius 2 is 2.39 bits per heavy atom. The molecule has 0 spiro atoms. The summed E-state index contributed by atoms with van der Waals surface area (Å²) in [6.45, 7) is 0.912. The molecule has 0 radical (unpaired) electrons. The normalized spacial score (nSPS) is 21.4. The van der Waals surface area contributed by atoms with Crippen LogP contribution in [0.5, 0.6) is 0 Å². The van der Waals surface area contributed by atoms with E-state index >= 15 is 0 Å². The van der Waals surface area contributed by atoms with Crippen molar-refractivity contribution >= 4 is 34.5 Å². The number of hydrogen-bond donors (Lipinski definition) is 2. The molecule has 0 bridgehead atoms. The maximum absolute atomic E-state index is 6.14. The molecular formula is C12H18Cl2N2OS. The van der Waals surface area contributed by atoms with Crippen LogP contribution in [0, 0.1) is 0 Å². The average Bonchev–Trinajstić information content (AvgIpc) is 2.95. The van der Waals surface area contributed by atoms with Crippen molar-refractivity contribution < 1.29 is 4.74 Å². The lowest BCUT2D eigenvalue weighted by atomic mass is 10.0.